The summed E-state index contributed by atoms with van der Waals surface area (Å²) in [6, 6.07) is 1.68. The van der Waals surface area contributed by atoms with E-state index in [-0.39, 0.29) is 5.75 Å². The van der Waals surface area contributed by atoms with Crippen molar-refractivity contribution in [2.45, 2.75) is 25.2 Å². The van der Waals surface area contributed by atoms with Crippen LogP contribution >= 0.6 is 15.9 Å². The maximum atomic E-state index is 11.3. The number of carbonyl (C=O) groups is 1. The van der Waals surface area contributed by atoms with Gasteiger partial charge in [-0.05, 0) is 31.4 Å². The van der Waals surface area contributed by atoms with Crippen molar-refractivity contribution >= 4 is 21.9 Å². The highest BCUT2D eigenvalue weighted by atomic mass is 79.9. The number of hydrogen-bond acceptors (Lipinski definition) is 3. The maximum Gasteiger partial charge on any atom is 0.314 e. The Hall–Kier alpha value is -1.23. The van der Waals surface area contributed by atoms with E-state index in [0.717, 1.165) is 5.56 Å². The highest BCUT2D eigenvalue weighted by Gasteiger charge is 2.55. The van der Waals surface area contributed by atoms with Crippen molar-refractivity contribution in [2.75, 3.05) is 7.11 Å². The highest BCUT2D eigenvalue weighted by molar-refractivity contribution is 9.10. The Morgan fingerprint density at radius 3 is 2.53 bits per heavy atom. The minimum Gasteiger partial charge on any atom is -0.504 e. The highest BCUT2D eigenvalue weighted by Crippen LogP contribution is 2.56. The SMILES string of the molecule is COc1cc(C)c(Br)c(C2(C(=O)O)CC2)c1O. The molecule has 0 bridgehead atoms. The fourth-order valence-corrected chi connectivity index (χ4v) is 2.72. The minimum absolute atomic E-state index is 0.0788. The third-order valence-electron chi connectivity index (χ3n) is 3.24. The van der Waals surface area contributed by atoms with Crippen molar-refractivity contribution in [2.24, 2.45) is 0 Å². The van der Waals surface area contributed by atoms with E-state index in [1.165, 1.54) is 7.11 Å². The van der Waals surface area contributed by atoms with Gasteiger partial charge >= 0.3 is 5.97 Å². The van der Waals surface area contributed by atoms with Crippen LogP contribution < -0.4 is 4.74 Å². The second-order valence-corrected chi connectivity index (χ2v) is 5.11. The molecule has 0 unspecified atom stereocenters. The summed E-state index contributed by atoms with van der Waals surface area (Å²) in [4.78, 5) is 11.3. The zero-order valence-electron chi connectivity index (χ0n) is 9.58. The fourth-order valence-electron chi connectivity index (χ4n) is 2.04. The Balaban J connectivity index is 2.69. The van der Waals surface area contributed by atoms with Crippen LogP contribution in [0, 0.1) is 6.92 Å². The smallest absolute Gasteiger partial charge is 0.314 e. The zero-order chi connectivity index (χ0) is 12.8. The fraction of sp³-hybridized carbons (Fsp3) is 0.417. The van der Waals surface area contributed by atoms with Crippen molar-refractivity contribution < 1.29 is 19.7 Å². The predicted molar refractivity (Wildman–Crippen MR) is 65.6 cm³/mol. The number of ether oxygens (including phenoxy) is 1. The second kappa shape index (κ2) is 3.91. The quantitative estimate of drug-likeness (QED) is 0.900. The molecule has 1 aliphatic rings. The molecule has 5 heteroatoms. The molecule has 2 rings (SSSR count). The normalized spacial score (nSPS) is 16.6. The van der Waals surface area contributed by atoms with Gasteiger partial charge in [-0.2, -0.15) is 0 Å². The van der Waals surface area contributed by atoms with Crippen LogP contribution in [0.5, 0.6) is 11.5 Å². The monoisotopic (exact) mass is 300 g/mol. The lowest BCUT2D eigenvalue weighted by atomic mass is 9.93. The summed E-state index contributed by atoms with van der Waals surface area (Å²) >= 11 is 3.36. The Morgan fingerprint density at radius 1 is 1.53 bits per heavy atom. The van der Waals surface area contributed by atoms with Crippen molar-refractivity contribution in [3.63, 3.8) is 0 Å². The first-order valence-electron chi connectivity index (χ1n) is 5.24. The van der Waals surface area contributed by atoms with E-state index in [2.05, 4.69) is 15.9 Å². The number of rotatable bonds is 3. The van der Waals surface area contributed by atoms with Crippen molar-refractivity contribution in [3.05, 3.63) is 21.7 Å². The number of carboxylic acid groups (broad SMARTS) is 1. The van der Waals surface area contributed by atoms with Crippen molar-refractivity contribution in [1.82, 2.24) is 0 Å². The molecule has 0 saturated heterocycles. The van der Waals surface area contributed by atoms with Crippen LogP contribution in [0.15, 0.2) is 10.5 Å². The zero-order valence-corrected chi connectivity index (χ0v) is 11.2. The van der Waals surface area contributed by atoms with E-state index in [9.17, 15) is 15.0 Å². The van der Waals surface area contributed by atoms with E-state index in [1.807, 2.05) is 6.92 Å². The molecule has 1 saturated carbocycles. The number of phenolic OH excluding ortho intramolecular Hbond substituents is 1. The van der Waals surface area contributed by atoms with Crippen molar-refractivity contribution in [1.29, 1.82) is 0 Å². The second-order valence-electron chi connectivity index (χ2n) is 4.32. The molecule has 0 aromatic heterocycles. The van der Waals surface area contributed by atoms with Gasteiger partial charge < -0.3 is 14.9 Å². The van der Waals surface area contributed by atoms with Gasteiger partial charge in [0.2, 0.25) is 0 Å². The molecule has 2 N–H and O–H groups in total. The van der Waals surface area contributed by atoms with Crippen LogP contribution in [0.25, 0.3) is 0 Å². The van der Waals surface area contributed by atoms with Crippen LogP contribution in [-0.2, 0) is 10.2 Å². The summed E-state index contributed by atoms with van der Waals surface area (Å²) in [5.41, 5.74) is 0.325. The first-order chi connectivity index (χ1) is 7.94. The summed E-state index contributed by atoms with van der Waals surface area (Å²) in [6.07, 6.45) is 1.09. The Kier molecular flexibility index (Phi) is 2.81. The molecule has 4 nitrogen and oxygen atoms in total. The maximum absolute atomic E-state index is 11.3. The molecule has 0 atom stereocenters. The van der Waals surface area contributed by atoms with Gasteiger partial charge in [-0.15, -0.1) is 0 Å². The number of carboxylic acids is 1. The Labute approximate surface area is 107 Å². The van der Waals surface area contributed by atoms with Gasteiger partial charge in [-0.1, -0.05) is 15.9 Å². The lowest BCUT2D eigenvalue weighted by Gasteiger charge is -2.18. The van der Waals surface area contributed by atoms with E-state index in [4.69, 9.17) is 4.74 Å². The molecule has 0 radical (unpaired) electrons. The number of aliphatic carboxylic acids is 1. The first kappa shape index (κ1) is 12.2. The lowest BCUT2D eigenvalue weighted by Crippen LogP contribution is -2.20. The summed E-state index contributed by atoms with van der Waals surface area (Å²) in [6.45, 7) is 1.84. The average molecular weight is 301 g/mol. The predicted octanol–water partition coefficient (Wildman–Crippen LogP) is 2.59. The Bertz CT molecular complexity index is 492. The molecular weight excluding hydrogens is 288 g/mol. The molecule has 0 heterocycles. The molecule has 0 spiro atoms. The van der Waals surface area contributed by atoms with E-state index < -0.39 is 11.4 Å². The van der Waals surface area contributed by atoms with Crippen molar-refractivity contribution in [3.8, 4) is 11.5 Å². The first-order valence-corrected chi connectivity index (χ1v) is 6.03. The molecule has 0 amide bonds. The third kappa shape index (κ3) is 1.69. The molecule has 92 valence electrons. The van der Waals surface area contributed by atoms with Crippen LogP contribution in [0.1, 0.15) is 24.0 Å². The molecule has 17 heavy (non-hydrogen) atoms. The number of benzene rings is 1. The summed E-state index contributed by atoms with van der Waals surface area (Å²) in [7, 11) is 1.45. The van der Waals surface area contributed by atoms with Crippen LogP contribution in [0.3, 0.4) is 0 Å². The van der Waals surface area contributed by atoms with Gasteiger partial charge in [-0.25, -0.2) is 0 Å². The van der Waals surface area contributed by atoms with Gasteiger partial charge in [0.25, 0.3) is 0 Å². The van der Waals surface area contributed by atoms with Crippen LogP contribution in [0.2, 0.25) is 0 Å². The largest absolute Gasteiger partial charge is 0.504 e. The van der Waals surface area contributed by atoms with Gasteiger partial charge in [0.1, 0.15) is 0 Å². The lowest BCUT2D eigenvalue weighted by molar-refractivity contribution is -0.140. The van der Waals surface area contributed by atoms with E-state index in [1.54, 1.807) is 6.07 Å². The third-order valence-corrected chi connectivity index (χ3v) is 4.26. The minimum atomic E-state index is -0.956. The number of halogens is 1. The summed E-state index contributed by atoms with van der Waals surface area (Å²) < 4.78 is 5.71. The number of phenols is 1. The summed E-state index contributed by atoms with van der Waals surface area (Å²) in [5.74, 6) is -0.667. The van der Waals surface area contributed by atoms with Gasteiger partial charge in [0, 0.05) is 10.0 Å². The van der Waals surface area contributed by atoms with Crippen LogP contribution in [0.4, 0.5) is 0 Å². The topological polar surface area (TPSA) is 66.8 Å². The Morgan fingerprint density at radius 2 is 2.12 bits per heavy atom. The van der Waals surface area contributed by atoms with Crippen LogP contribution in [-0.4, -0.2) is 23.3 Å². The van der Waals surface area contributed by atoms with Gasteiger partial charge in [0.05, 0.1) is 12.5 Å². The molecule has 1 fully saturated rings. The molecule has 1 aromatic carbocycles. The number of hydrogen-bond donors (Lipinski definition) is 2. The summed E-state index contributed by atoms with van der Waals surface area (Å²) in [5, 5.41) is 19.4. The number of methoxy groups -OCH3 is 1. The average Bonchev–Trinajstić information content (AvgIpc) is 3.05. The number of aromatic hydroxyl groups is 1. The number of aryl methyl sites for hydroxylation is 1. The van der Waals surface area contributed by atoms with Gasteiger partial charge in [-0.3, -0.25) is 4.79 Å². The standard InChI is InChI=1S/C12H13BrO4/c1-6-5-7(17-2)10(14)8(9(6)13)12(3-4-12)11(15)16/h5,14H,3-4H2,1-2H3,(H,15,16). The van der Waals surface area contributed by atoms with E-state index >= 15 is 0 Å². The molecule has 1 aromatic rings. The molecule has 0 aliphatic heterocycles. The molecule has 1 aliphatic carbocycles. The molecular formula is C12H13BrO4. The van der Waals surface area contributed by atoms with E-state index in [0.29, 0.717) is 28.6 Å². The van der Waals surface area contributed by atoms with Gasteiger partial charge in [0.15, 0.2) is 11.5 Å².